The van der Waals surface area contributed by atoms with Gasteiger partial charge in [0.1, 0.15) is 11.3 Å². The lowest BCUT2D eigenvalue weighted by molar-refractivity contribution is -0.149. The van der Waals surface area contributed by atoms with E-state index in [1.165, 1.54) is 19.2 Å². The van der Waals surface area contributed by atoms with Crippen molar-refractivity contribution >= 4 is 40.6 Å². The van der Waals surface area contributed by atoms with E-state index >= 15 is 0 Å². The number of hydrogen-bond donors (Lipinski definition) is 0. The maximum absolute atomic E-state index is 13.5. The molecule has 0 aliphatic carbocycles. The van der Waals surface area contributed by atoms with E-state index in [9.17, 15) is 22.8 Å². The molecule has 0 saturated carbocycles. The van der Waals surface area contributed by atoms with Crippen LogP contribution in [-0.4, -0.2) is 35.7 Å². The van der Waals surface area contributed by atoms with Gasteiger partial charge in [-0.15, -0.1) is 0 Å². The molecule has 11 heteroatoms. The van der Waals surface area contributed by atoms with Crippen molar-refractivity contribution in [3.8, 4) is 11.8 Å². The summed E-state index contributed by atoms with van der Waals surface area (Å²) in [5.41, 5.74) is -1.62. The molecule has 1 amide bonds. The van der Waals surface area contributed by atoms with Gasteiger partial charge in [0.15, 0.2) is 11.2 Å². The van der Waals surface area contributed by atoms with Gasteiger partial charge in [0.25, 0.3) is 5.91 Å². The number of nitriles is 1. The molecule has 1 saturated heterocycles. The second-order valence-corrected chi connectivity index (χ2v) is 8.98. The van der Waals surface area contributed by atoms with Gasteiger partial charge < -0.3 is 14.4 Å². The number of amides is 1. The van der Waals surface area contributed by atoms with E-state index in [0.29, 0.717) is 24.3 Å². The molecule has 35 heavy (non-hydrogen) atoms. The smallest absolute Gasteiger partial charge is 0.417 e. The van der Waals surface area contributed by atoms with Crippen molar-refractivity contribution in [2.75, 3.05) is 16.9 Å². The molecule has 1 atom stereocenters. The number of carbonyl (C=O) groups is 2. The number of carbonyl (C=O) groups excluding carboxylic acids is 2. The number of methoxy groups -OCH3 is 1. The third kappa shape index (κ3) is 4.08. The lowest BCUT2D eigenvalue weighted by Gasteiger charge is -2.31. The van der Waals surface area contributed by atoms with E-state index < -0.39 is 40.8 Å². The van der Waals surface area contributed by atoms with Gasteiger partial charge >= 0.3 is 12.1 Å². The van der Waals surface area contributed by atoms with Crippen molar-refractivity contribution in [1.82, 2.24) is 0 Å². The third-order valence-electron chi connectivity index (χ3n) is 6.07. The first kappa shape index (κ1) is 24.5. The van der Waals surface area contributed by atoms with Crippen molar-refractivity contribution in [1.29, 1.82) is 5.26 Å². The van der Waals surface area contributed by atoms with Crippen LogP contribution in [0.3, 0.4) is 0 Å². The molecule has 2 heterocycles. The molecule has 0 radical (unpaired) electrons. The fourth-order valence-electron chi connectivity index (χ4n) is 4.27. The average molecular weight is 504 g/mol. The maximum Gasteiger partial charge on any atom is 0.417 e. The third-order valence-corrected chi connectivity index (χ3v) is 6.43. The predicted octanol–water partition coefficient (Wildman–Crippen LogP) is 4.36. The van der Waals surface area contributed by atoms with E-state index in [2.05, 4.69) is 0 Å². The fourth-order valence-corrected chi connectivity index (χ4v) is 4.79. The van der Waals surface area contributed by atoms with Crippen LogP contribution in [0.15, 0.2) is 36.4 Å². The normalized spacial score (nSPS) is 19.2. The lowest BCUT2D eigenvalue weighted by Crippen LogP contribution is -2.44. The summed E-state index contributed by atoms with van der Waals surface area (Å²) in [5.74, 6) is -0.480. The van der Waals surface area contributed by atoms with Crippen LogP contribution in [-0.2, 0) is 26.9 Å². The summed E-state index contributed by atoms with van der Waals surface area (Å²) in [6.45, 7) is 3.25. The molecular weight excluding hydrogens is 483 g/mol. The highest BCUT2D eigenvalue weighted by molar-refractivity contribution is 7.81. The molecule has 1 unspecified atom stereocenters. The zero-order chi connectivity index (χ0) is 25.7. The molecule has 7 nitrogen and oxygen atoms in total. The van der Waals surface area contributed by atoms with E-state index in [-0.39, 0.29) is 10.8 Å². The summed E-state index contributed by atoms with van der Waals surface area (Å²) in [7, 11) is 1.29. The number of aryl methyl sites for hydroxylation is 1. The SMILES string of the molecule is COC(=O)C1CCc2cc(N3C(=S)N(c4ccc(C#N)c(C(F)(F)F)c4)C(=O)C3(C)C)ccc2O1. The minimum Gasteiger partial charge on any atom is -0.478 e. The van der Waals surface area contributed by atoms with Crippen molar-refractivity contribution in [3.63, 3.8) is 0 Å². The Kier molecular flexibility index (Phi) is 5.97. The quantitative estimate of drug-likeness (QED) is 0.455. The maximum atomic E-state index is 13.5. The number of hydrogen-bond acceptors (Lipinski definition) is 6. The fraction of sp³-hybridized carbons (Fsp3) is 0.333. The zero-order valence-electron chi connectivity index (χ0n) is 19.0. The summed E-state index contributed by atoms with van der Waals surface area (Å²) in [6, 6.07) is 9.70. The first-order valence-electron chi connectivity index (χ1n) is 10.6. The van der Waals surface area contributed by atoms with Gasteiger partial charge in [-0.2, -0.15) is 18.4 Å². The molecule has 2 aromatic carbocycles. The van der Waals surface area contributed by atoms with E-state index in [1.54, 1.807) is 36.9 Å². The molecule has 2 aliphatic heterocycles. The number of benzene rings is 2. The summed E-state index contributed by atoms with van der Waals surface area (Å²) < 4.78 is 51.0. The van der Waals surface area contributed by atoms with E-state index in [4.69, 9.17) is 27.0 Å². The van der Waals surface area contributed by atoms with Crippen LogP contribution < -0.4 is 14.5 Å². The number of rotatable bonds is 3. The highest BCUT2D eigenvalue weighted by atomic mass is 32.1. The first-order valence-corrected chi connectivity index (χ1v) is 11.0. The first-order chi connectivity index (χ1) is 16.4. The molecule has 1 fully saturated rings. The van der Waals surface area contributed by atoms with Gasteiger partial charge in [0.05, 0.1) is 30.0 Å². The van der Waals surface area contributed by atoms with Gasteiger partial charge in [-0.25, -0.2) is 4.79 Å². The highest BCUT2D eigenvalue weighted by Crippen LogP contribution is 2.41. The van der Waals surface area contributed by atoms with Gasteiger partial charge in [0, 0.05) is 5.69 Å². The molecule has 0 N–H and O–H groups in total. The molecule has 0 spiro atoms. The Morgan fingerprint density at radius 3 is 2.54 bits per heavy atom. The molecule has 182 valence electrons. The molecule has 2 aliphatic rings. The molecule has 2 aromatic rings. The van der Waals surface area contributed by atoms with Gasteiger partial charge in [-0.1, -0.05) is 0 Å². The number of alkyl halides is 3. The lowest BCUT2D eigenvalue weighted by atomic mass is 9.99. The Bertz CT molecular complexity index is 1290. The van der Waals surface area contributed by atoms with Crippen LogP contribution >= 0.6 is 12.2 Å². The Morgan fingerprint density at radius 1 is 1.23 bits per heavy atom. The number of ether oxygens (including phenoxy) is 2. The van der Waals surface area contributed by atoms with Crippen LogP contribution in [0.25, 0.3) is 0 Å². The zero-order valence-corrected chi connectivity index (χ0v) is 19.8. The summed E-state index contributed by atoms with van der Waals surface area (Å²) in [4.78, 5) is 27.8. The Hall–Kier alpha value is -3.65. The monoisotopic (exact) mass is 503 g/mol. The summed E-state index contributed by atoms with van der Waals surface area (Å²) >= 11 is 5.57. The number of halogens is 3. The Labute approximate surface area is 204 Å². The van der Waals surface area contributed by atoms with Crippen LogP contribution in [0.5, 0.6) is 5.75 Å². The van der Waals surface area contributed by atoms with Crippen molar-refractivity contribution in [3.05, 3.63) is 53.1 Å². The minimum atomic E-state index is -4.78. The topological polar surface area (TPSA) is 82.9 Å². The number of anilines is 2. The van der Waals surface area contributed by atoms with Crippen LogP contribution in [0.1, 0.15) is 37.0 Å². The molecule has 4 rings (SSSR count). The molecule has 0 aromatic heterocycles. The number of esters is 1. The highest BCUT2D eigenvalue weighted by Gasteiger charge is 2.51. The molecule has 0 bridgehead atoms. The average Bonchev–Trinajstić information content (AvgIpc) is 3.00. The van der Waals surface area contributed by atoms with Crippen LogP contribution in [0.2, 0.25) is 0 Å². The number of thiocarbonyl (C=S) groups is 1. The van der Waals surface area contributed by atoms with Crippen molar-refractivity contribution in [2.24, 2.45) is 0 Å². The van der Waals surface area contributed by atoms with Crippen LogP contribution in [0.4, 0.5) is 24.5 Å². The predicted molar refractivity (Wildman–Crippen MR) is 124 cm³/mol. The minimum absolute atomic E-state index is 0.00180. The van der Waals surface area contributed by atoms with Crippen LogP contribution in [0, 0.1) is 11.3 Å². The van der Waals surface area contributed by atoms with Crippen molar-refractivity contribution in [2.45, 2.75) is 44.5 Å². The van der Waals surface area contributed by atoms with Gasteiger partial charge in [-0.3, -0.25) is 9.69 Å². The Morgan fingerprint density at radius 2 is 1.91 bits per heavy atom. The second kappa shape index (κ2) is 8.53. The number of nitrogens with zero attached hydrogens (tertiary/aromatic N) is 3. The van der Waals surface area contributed by atoms with Gasteiger partial charge in [0.2, 0.25) is 0 Å². The standard InChI is InChI=1S/C24H20F3N3O4S/c1-23(2)21(32)29(15-6-4-14(12-28)17(11-15)24(25,26)27)22(35)30(23)16-7-9-18-13(10-16)5-8-19(34-18)20(31)33-3/h4,6-7,9-11,19H,5,8H2,1-3H3. The largest absolute Gasteiger partial charge is 0.478 e. The molecular formula is C24H20F3N3O4S. The van der Waals surface area contributed by atoms with Crippen molar-refractivity contribution < 1.29 is 32.2 Å². The van der Waals surface area contributed by atoms with Gasteiger partial charge in [-0.05, 0) is 80.9 Å². The summed E-state index contributed by atoms with van der Waals surface area (Å²) in [6.07, 6.45) is -4.56. The van der Waals surface area contributed by atoms with E-state index in [0.717, 1.165) is 22.6 Å². The second-order valence-electron chi connectivity index (χ2n) is 8.62. The number of fused-ring (bicyclic) bond motifs is 1. The summed E-state index contributed by atoms with van der Waals surface area (Å²) in [5, 5.41) is 9.07. The van der Waals surface area contributed by atoms with E-state index in [1.807, 2.05) is 0 Å². The Balaban J connectivity index is 1.71.